The smallest absolute Gasteiger partial charge is 0.217 e. The zero-order valence-electron chi connectivity index (χ0n) is 14.3. The normalized spacial score (nSPS) is 18.5. The topological polar surface area (TPSA) is 70.7 Å². The lowest BCUT2D eigenvalue weighted by Gasteiger charge is -2.34. The molecule has 0 radical (unpaired) electrons. The highest BCUT2D eigenvalue weighted by atomic mass is 35.5. The Morgan fingerprint density at radius 3 is 3.04 bits per heavy atom. The quantitative estimate of drug-likeness (QED) is 0.611. The minimum absolute atomic E-state index is 0.218. The van der Waals surface area contributed by atoms with Crippen molar-refractivity contribution in [1.82, 2.24) is 10.2 Å². The summed E-state index contributed by atoms with van der Waals surface area (Å²) in [6, 6.07) is 7.89. The number of carbonyl (C=O) groups is 1. The fourth-order valence-corrected chi connectivity index (χ4v) is 3.33. The summed E-state index contributed by atoms with van der Waals surface area (Å²) in [6.45, 7) is 5.41. The lowest BCUT2D eigenvalue weighted by molar-refractivity contribution is -0.119. The maximum absolute atomic E-state index is 11.2. The molecule has 1 heterocycles. The first-order chi connectivity index (χ1) is 11.6. The highest BCUT2D eigenvalue weighted by molar-refractivity contribution is 6.30. The number of guanidine groups is 1. The molecule has 1 amide bonds. The van der Waals surface area contributed by atoms with E-state index in [0.717, 1.165) is 49.9 Å². The molecule has 1 fully saturated rings. The molecule has 1 aliphatic rings. The molecule has 0 aliphatic carbocycles. The van der Waals surface area contributed by atoms with Gasteiger partial charge in [-0.1, -0.05) is 23.7 Å². The van der Waals surface area contributed by atoms with Gasteiger partial charge in [0.05, 0.1) is 0 Å². The molecule has 1 saturated heterocycles. The predicted octanol–water partition coefficient (Wildman–Crippen LogP) is 2.44. The van der Waals surface area contributed by atoms with Crippen LogP contribution in [0.2, 0.25) is 5.02 Å². The van der Waals surface area contributed by atoms with Gasteiger partial charge in [0.25, 0.3) is 0 Å². The van der Waals surface area contributed by atoms with Crippen LogP contribution < -0.4 is 11.1 Å². The second-order valence-electron chi connectivity index (χ2n) is 6.24. The molecule has 0 saturated carbocycles. The minimum atomic E-state index is -0.218. The highest BCUT2D eigenvalue weighted by Gasteiger charge is 2.23. The van der Waals surface area contributed by atoms with Crippen molar-refractivity contribution in [2.24, 2.45) is 16.6 Å². The highest BCUT2D eigenvalue weighted by Crippen LogP contribution is 2.19. The van der Waals surface area contributed by atoms with Gasteiger partial charge in [-0.2, -0.15) is 0 Å². The SMILES string of the molecule is CCNC(=NCCc1cccc(Cl)c1)N1CCCC(CC(N)=O)C1. The predicted molar refractivity (Wildman–Crippen MR) is 99.2 cm³/mol. The molecule has 0 spiro atoms. The molecule has 2 rings (SSSR count). The number of aliphatic imine (C=N–C) groups is 1. The van der Waals surface area contributed by atoms with Crippen molar-refractivity contribution in [3.05, 3.63) is 34.9 Å². The third kappa shape index (κ3) is 6.04. The van der Waals surface area contributed by atoms with Crippen LogP contribution in [-0.4, -0.2) is 42.9 Å². The molecule has 0 bridgehead atoms. The number of primary amides is 1. The van der Waals surface area contributed by atoms with Gasteiger partial charge in [-0.25, -0.2) is 0 Å². The van der Waals surface area contributed by atoms with Crippen LogP contribution in [0.4, 0.5) is 0 Å². The van der Waals surface area contributed by atoms with Crippen molar-refractivity contribution in [2.75, 3.05) is 26.2 Å². The number of nitrogens with one attached hydrogen (secondary N) is 1. The van der Waals surface area contributed by atoms with Gasteiger partial charge in [0, 0.05) is 37.6 Å². The minimum Gasteiger partial charge on any atom is -0.370 e. The Balaban J connectivity index is 1.95. The third-order valence-corrected chi connectivity index (χ3v) is 4.43. The van der Waals surface area contributed by atoms with Gasteiger partial charge < -0.3 is 16.0 Å². The van der Waals surface area contributed by atoms with Crippen molar-refractivity contribution < 1.29 is 4.79 Å². The number of amides is 1. The van der Waals surface area contributed by atoms with Crippen LogP contribution in [0.25, 0.3) is 0 Å². The van der Waals surface area contributed by atoms with Crippen LogP contribution in [0, 0.1) is 5.92 Å². The van der Waals surface area contributed by atoms with E-state index < -0.39 is 0 Å². The van der Waals surface area contributed by atoms with Gasteiger partial charge in [-0.05, 0) is 49.8 Å². The van der Waals surface area contributed by atoms with Crippen LogP contribution in [0.3, 0.4) is 0 Å². The Morgan fingerprint density at radius 1 is 1.50 bits per heavy atom. The molecule has 24 heavy (non-hydrogen) atoms. The number of benzene rings is 1. The molecule has 1 aromatic rings. The molecule has 6 heteroatoms. The number of piperidine rings is 1. The zero-order valence-corrected chi connectivity index (χ0v) is 15.1. The van der Waals surface area contributed by atoms with Gasteiger partial charge in [0.1, 0.15) is 0 Å². The Kier molecular flexibility index (Phi) is 7.37. The molecule has 1 atom stereocenters. The molecule has 3 N–H and O–H groups in total. The Morgan fingerprint density at radius 2 is 2.33 bits per heavy atom. The number of rotatable bonds is 6. The van der Waals surface area contributed by atoms with Crippen LogP contribution in [-0.2, 0) is 11.2 Å². The number of hydrogen-bond donors (Lipinski definition) is 2. The van der Waals surface area contributed by atoms with E-state index in [1.54, 1.807) is 0 Å². The second-order valence-corrected chi connectivity index (χ2v) is 6.68. The Labute approximate surface area is 149 Å². The Hall–Kier alpha value is -1.75. The molecule has 1 aliphatic heterocycles. The third-order valence-electron chi connectivity index (χ3n) is 4.19. The summed E-state index contributed by atoms with van der Waals surface area (Å²) in [7, 11) is 0. The van der Waals surface area contributed by atoms with E-state index in [2.05, 4.69) is 23.2 Å². The largest absolute Gasteiger partial charge is 0.370 e. The van der Waals surface area contributed by atoms with Gasteiger partial charge in [0.2, 0.25) is 5.91 Å². The lowest BCUT2D eigenvalue weighted by Crippen LogP contribution is -2.47. The van der Waals surface area contributed by atoms with Crippen LogP contribution in [0.15, 0.2) is 29.3 Å². The molecular formula is C18H27ClN4O. The molecule has 0 aromatic heterocycles. The summed E-state index contributed by atoms with van der Waals surface area (Å²) in [5.41, 5.74) is 6.53. The Bertz CT molecular complexity index is 576. The summed E-state index contributed by atoms with van der Waals surface area (Å²) in [4.78, 5) is 18.2. The zero-order chi connectivity index (χ0) is 17.4. The van der Waals surface area contributed by atoms with Crippen LogP contribution >= 0.6 is 11.6 Å². The summed E-state index contributed by atoms with van der Waals surface area (Å²) in [5, 5.41) is 4.12. The maximum atomic E-state index is 11.2. The van der Waals surface area contributed by atoms with E-state index in [4.69, 9.17) is 22.3 Å². The number of nitrogens with two attached hydrogens (primary N) is 1. The average molecular weight is 351 g/mol. The average Bonchev–Trinajstić information content (AvgIpc) is 2.54. The number of hydrogen-bond acceptors (Lipinski definition) is 2. The summed E-state index contributed by atoms with van der Waals surface area (Å²) >= 11 is 6.02. The number of nitrogens with zero attached hydrogens (tertiary/aromatic N) is 2. The van der Waals surface area contributed by atoms with Gasteiger partial charge in [0.15, 0.2) is 5.96 Å². The number of likely N-dealkylation sites (tertiary alicyclic amines) is 1. The molecular weight excluding hydrogens is 324 g/mol. The van der Waals surface area contributed by atoms with Crippen LogP contribution in [0.1, 0.15) is 31.7 Å². The number of halogens is 1. The van der Waals surface area contributed by atoms with Crippen molar-refractivity contribution in [3.63, 3.8) is 0 Å². The van der Waals surface area contributed by atoms with Gasteiger partial charge in [-0.3, -0.25) is 9.79 Å². The van der Waals surface area contributed by atoms with Crippen LogP contribution in [0.5, 0.6) is 0 Å². The number of carbonyl (C=O) groups excluding carboxylic acids is 1. The van der Waals surface area contributed by atoms with E-state index in [1.807, 2.05) is 18.2 Å². The summed E-state index contributed by atoms with van der Waals surface area (Å²) < 4.78 is 0. The molecule has 1 unspecified atom stereocenters. The van der Waals surface area contributed by atoms with Crippen molar-refractivity contribution >= 4 is 23.5 Å². The fourth-order valence-electron chi connectivity index (χ4n) is 3.12. The second kappa shape index (κ2) is 9.52. The van der Waals surface area contributed by atoms with E-state index in [0.29, 0.717) is 18.9 Å². The van der Waals surface area contributed by atoms with E-state index >= 15 is 0 Å². The van der Waals surface area contributed by atoms with Gasteiger partial charge >= 0.3 is 0 Å². The molecule has 132 valence electrons. The van der Waals surface area contributed by atoms with E-state index in [1.165, 1.54) is 5.56 Å². The van der Waals surface area contributed by atoms with E-state index in [-0.39, 0.29) is 5.91 Å². The standard InChI is InChI=1S/C18H27ClN4O/c1-2-21-18(22-9-8-14-5-3-7-16(19)11-14)23-10-4-6-15(13-23)12-17(20)24/h3,5,7,11,15H,2,4,6,8-10,12-13H2,1H3,(H2,20,24)(H,21,22). The lowest BCUT2D eigenvalue weighted by atomic mass is 9.95. The maximum Gasteiger partial charge on any atom is 0.217 e. The monoisotopic (exact) mass is 350 g/mol. The first-order valence-electron chi connectivity index (χ1n) is 8.64. The van der Waals surface area contributed by atoms with E-state index in [9.17, 15) is 4.79 Å². The first kappa shape index (κ1) is 18.6. The molecule has 1 aromatic carbocycles. The summed E-state index contributed by atoms with van der Waals surface area (Å²) in [6.07, 6.45) is 3.43. The summed E-state index contributed by atoms with van der Waals surface area (Å²) in [5.74, 6) is 1.03. The fraction of sp³-hybridized carbons (Fsp3) is 0.556. The van der Waals surface area contributed by atoms with Crippen molar-refractivity contribution in [2.45, 2.75) is 32.6 Å². The van der Waals surface area contributed by atoms with Crippen molar-refractivity contribution in [3.8, 4) is 0 Å². The van der Waals surface area contributed by atoms with Crippen molar-refractivity contribution in [1.29, 1.82) is 0 Å². The van der Waals surface area contributed by atoms with Gasteiger partial charge in [-0.15, -0.1) is 0 Å². The molecule has 5 nitrogen and oxygen atoms in total. The first-order valence-corrected chi connectivity index (χ1v) is 9.02.